The van der Waals surface area contributed by atoms with Crippen molar-refractivity contribution in [2.24, 2.45) is 0 Å². The highest BCUT2D eigenvalue weighted by molar-refractivity contribution is 5.91. The van der Waals surface area contributed by atoms with E-state index in [2.05, 4.69) is 196 Å². The Morgan fingerprint density at radius 2 is 1.07 bits per heavy atom. The number of rotatable bonds is 5. The zero-order valence-electron chi connectivity index (χ0n) is 32.9. The van der Waals surface area contributed by atoms with Gasteiger partial charge in [-0.1, -0.05) is 183 Å². The van der Waals surface area contributed by atoms with Crippen LogP contribution in [0.5, 0.6) is 0 Å². The molecule has 1 aromatic heterocycles. The van der Waals surface area contributed by atoms with Gasteiger partial charge in [-0.15, -0.1) is 10.2 Å². The number of nitrogens with zero attached hydrogens (tertiary/aromatic N) is 3. The molecular formula is C56H39N3. The topological polar surface area (TPSA) is 38.7 Å². The molecule has 0 saturated heterocycles. The van der Waals surface area contributed by atoms with Gasteiger partial charge in [0.25, 0.3) is 0 Å². The summed E-state index contributed by atoms with van der Waals surface area (Å²) in [6.45, 7) is 4.64. The summed E-state index contributed by atoms with van der Waals surface area (Å²) in [6.07, 6.45) is 0.860. The van der Waals surface area contributed by atoms with Crippen LogP contribution in [-0.2, 0) is 11.8 Å². The van der Waals surface area contributed by atoms with Crippen LogP contribution < -0.4 is 0 Å². The molecule has 0 radical (unpaired) electrons. The van der Waals surface area contributed by atoms with Crippen molar-refractivity contribution >= 4 is 0 Å². The van der Waals surface area contributed by atoms with Crippen LogP contribution in [0.3, 0.4) is 0 Å². The summed E-state index contributed by atoms with van der Waals surface area (Å²) in [5.74, 6) is 0.844. The molecule has 3 aliphatic carbocycles. The molecule has 0 amide bonds. The minimum atomic E-state index is -0.593. The van der Waals surface area contributed by atoms with Gasteiger partial charge in [0.15, 0.2) is 5.82 Å². The Morgan fingerprint density at radius 3 is 1.86 bits per heavy atom. The molecule has 1 unspecified atom stereocenters. The average molecular weight is 754 g/mol. The highest BCUT2D eigenvalue weighted by Crippen LogP contribution is 2.60. The number of fused-ring (bicyclic) bond motifs is 9. The van der Waals surface area contributed by atoms with E-state index in [1.54, 1.807) is 0 Å². The summed E-state index contributed by atoms with van der Waals surface area (Å²) in [7, 11) is 0. The second kappa shape index (κ2) is 12.9. The predicted molar refractivity (Wildman–Crippen MR) is 239 cm³/mol. The van der Waals surface area contributed by atoms with E-state index in [0.717, 1.165) is 34.5 Å². The lowest BCUT2D eigenvalue weighted by Gasteiger charge is -2.37. The molecule has 0 fully saturated rings. The van der Waals surface area contributed by atoms with E-state index in [1.807, 2.05) is 0 Å². The Labute approximate surface area is 344 Å². The maximum atomic E-state index is 5.47. The van der Waals surface area contributed by atoms with Gasteiger partial charge in [0.2, 0.25) is 0 Å². The molecule has 12 rings (SSSR count). The molecule has 3 nitrogen and oxygen atoms in total. The predicted octanol–water partition coefficient (Wildman–Crippen LogP) is 13.2. The molecule has 0 N–H and O–H groups in total. The molecule has 9 aromatic rings. The number of hydrogen-bond acceptors (Lipinski definition) is 3. The van der Waals surface area contributed by atoms with Crippen molar-refractivity contribution in [1.82, 2.24) is 15.2 Å². The van der Waals surface area contributed by atoms with Crippen LogP contribution >= 0.6 is 0 Å². The lowest BCUT2D eigenvalue weighted by atomic mass is 9.64. The Balaban J connectivity index is 1.10. The first-order valence-corrected chi connectivity index (χ1v) is 20.7. The third-order valence-electron chi connectivity index (χ3n) is 13.4. The lowest BCUT2D eigenvalue weighted by Crippen LogP contribution is -2.31. The Kier molecular flexibility index (Phi) is 7.40. The SMILES string of the molecule is Cc1ccc(-c2nnc(-c3cccc4c3Cc3ccccc3-4)c(-c3ccccc3)n2)cc1C1(c2cccc3c2C(C)c2ccccc2-3)c2ccccc2-c2ccccc21. The van der Waals surface area contributed by atoms with Crippen molar-refractivity contribution in [3.63, 3.8) is 0 Å². The lowest BCUT2D eigenvalue weighted by molar-refractivity contribution is 0.739. The third-order valence-corrected chi connectivity index (χ3v) is 13.4. The molecule has 0 spiro atoms. The standard InChI is InChI=1S/C56H39N3/c1-34-30-31-38(55-57-53(36-16-4-3-5-17-36)54(58-59-55)46-26-14-24-42-40-20-7-6-18-37(40)32-47(42)46)33-51(34)56(48-27-12-10-22-43(48)44-23-11-13-28-49(44)56)50-29-15-25-45-41-21-9-8-19-39(41)35(2)52(45)50/h3-31,33,35H,32H2,1-2H3. The van der Waals surface area contributed by atoms with Crippen LogP contribution in [0.2, 0.25) is 0 Å². The van der Waals surface area contributed by atoms with E-state index in [9.17, 15) is 0 Å². The van der Waals surface area contributed by atoms with Crippen molar-refractivity contribution in [2.45, 2.75) is 31.6 Å². The number of aryl methyl sites for hydroxylation is 1. The van der Waals surface area contributed by atoms with Crippen LogP contribution in [0.15, 0.2) is 182 Å². The fourth-order valence-electron chi connectivity index (χ4n) is 10.8. The first kappa shape index (κ1) is 33.9. The molecule has 59 heavy (non-hydrogen) atoms. The fraction of sp³-hybridized carbons (Fsp3) is 0.0893. The Bertz CT molecular complexity index is 3130. The maximum absolute atomic E-state index is 5.47. The molecular weight excluding hydrogens is 715 g/mol. The van der Waals surface area contributed by atoms with Gasteiger partial charge >= 0.3 is 0 Å². The normalized spacial score (nSPS) is 14.8. The Morgan fingerprint density at radius 1 is 0.458 bits per heavy atom. The van der Waals surface area contributed by atoms with Gasteiger partial charge in [-0.25, -0.2) is 4.98 Å². The zero-order chi connectivity index (χ0) is 39.2. The smallest absolute Gasteiger partial charge is 0.182 e. The number of aromatic nitrogens is 3. The maximum Gasteiger partial charge on any atom is 0.182 e. The first-order valence-electron chi connectivity index (χ1n) is 20.7. The molecule has 0 aliphatic heterocycles. The first-order chi connectivity index (χ1) is 29.1. The molecule has 3 aliphatic rings. The van der Waals surface area contributed by atoms with Crippen molar-refractivity contribution in [1.29, 1.82) is 0 Å². The van der Waals surface area contributed by atoms with Gasteiger partial charge in [0.05, 0.1) is 5.41 Å². The van der Waals surface area contributed by atoms with E-state index in [1.165, 1.54) is 83.5 Å². The van der Waals surface area contributed by atoms with Gasteiger partial charge in [0, 0.05) is 22.6 Å². The van der Waals surface area contributed by atoms with E-state index in [4.69, 9.17) is 15.2 Å². The number of benzene rings is 8. The summed E-state index contributed by atoms with van der Waals surface area (Å²) in [5.41, 5.74) is 23.6. The molecule has 0 saturated carbocycles. The van der Waals surface area contributed by atoms with Gasteiger partial charge < -0.3 is 0 Å². The summed E-state index contributed by atoms with van der Waals surface area (Å²) in [6, 6.07) is 66.5. The Hall–Kier alpha value is -7.23. The quantitative estimate of drug-likeness (QED) is 0.176. The summed E-state index contributed by atoms with van der Waals surface area (Å²) >= 11 is 0. The second-order valence-corrected chi connectivity index (χ2v) is 16.3. The van der Waals surface area contributed by atoms with Crippen molar-refractivity contribution in [2.75, 3.05) is 0 Å². The molecule has 1 atom stereocenters. The monoisotopic (exact) mass is 753 g/mol. The second-order valence-electron chi connectivity index (χ2n) is 16.3. The van der Waals surface area contributed by atoms with E-state index in [-0.39, 0.29) is 5.92 Å². The van der Waals surface area contributed by atoms with Crippen molar-refractivity contribution in [3.8, 4) is 67.3 Å². The average Bonchev–Trinajstić information content (AvgIpc) is 3.93. The van der Waals surface area contributed by atoms with Gasteiger partial charge in [0.1, 0.15) is 11.4 Å². The summed E-state index contributed by atoms with van der Waals surface area (Å²) < 4.78 is 0. The molecule has 3 heteroatoms. The van der Waals surface area contributed by atoms with Crippen LogP contribution in [0.1, 0.15) is 62.9 Å². The highest BCUT2D eigenvalue weighted by Gasteiger charge is 2.49. The van der Waals surface area contributed by atoms with Gasteiger partial charge in [-0.3, -0.25) is 0 Å². The molecule has 0 bridgehead atoms. The highest BCUT2D eigenvalue weighted by atomic mass is 15.2. The van der Waals surface area contributed by atoms with Crippen LogP contribution in [-0.4, -0.2) is 15.2 Å². The van der Waals surface area contributed by atoms with E-state index in [0.29, 0.717) is 5.82 Å². The third kappa shape index (κ3) is 4.79. The van der Waals surface area contributed by atoms with Gasteiger partial charge in [-0.2, -0.15) is 0 Å². The minimum absolute atomic E-state index is 0.235. The van der Waals surface area contributed by atoms with Gasteiger partial charge in [-0.05, 0) is 103 Å². The molecule has 278 valence electrons. The largest absolute Gasteiger partial charge is 0.224 e. The van der Waals surface area contributed by atoms with Crippen LogP contribution in [0, 0.1) is 6.92 Å². The van der Waals surface area contributed by atoms with Crippen molar-refractivity contribution in [3.05, 3.63) is 232 Å². The van der Waals surface area contributed by atoms with E-state index >= 15 is 0 Å². The number of hydrogen-bond donors (Lipinski definition) is 0. The fourth-order valence-corrected chi connectivity index (χ4v) is 10.8. The summed E-state index contributed by atoms with van der Waals surface area (Å²) in [5, 5.41) is 10.1. The minimum Gasteiger partial charge on any atom is -0.224 e. The van der Waals surface area contributed by atoms with Crippen LogP contribution in [0.25, 0.3) is 67.3 Å². The van der Waals surface area contributed by atoms with Crippen LogP contribution in [0.4, 0.5) is 0 Å². The molecule has 8 aromatic carbocycles. The van der Waals surface area contributed by atoms with Crippen molar-refractivity contribution < 1.29 is 0 Å². The van der Waals surface area contributed by atoms with E-state index < -0.39 is 5.41 Å². The summed E-state index contributed by atoms with van der Waals surface area (Å²) in [4.78, 5) is 5.47. The zero-order valence-corrected chi connectivity index (χ0v) is 32.9. The molecule has 1 heterocycles.